The Hall–Kier alpha value is -2.13. The number of hydrogen-bond donors (Lipinski definition) is 1. The van der Waals surface area contributed by atoms with Gasteiger partial charge >= 0.3 is 0 Å². The zero-order valence-electron chi connectivity index (χ0n) is 13.7. The maximum Gasteiger partial charge on any atom is 0.141 e. The van der Waals surface area contributed by atoms with Crippen molar-refractivity contribution >= 4 is 11.0 Å². The Morgan fingerprint density at radius 2 is 1.68 bits per heavy atom. The maximum atomic E-state index is 5.94. The Balaban J connectivity index is 2.30. The van der Waals surface area contributed by atoms with E-state index in [4.69, 9.17) is 10.7 Å². The van der Waals surface area contributed by atoms with Crippen LogP contribution in [0.15, 0.2) is 36.4 Å². The first-order valence-corrected chi connectivity index (χ1v) is 7.77. The number of rotatable bonds is 3. The fraction of sp³-hybridized carbons (Fsp3) is 0.316. The second-order valence-electron chi connectivity index (χ2n) is 6.18. The van der Waals surface area contributed by atoms with Gasteiger partial charge in [0.25, 0.3) is 0 Å². The highest BCUT2D eigenvalue weighted by atomic mass is 15.1. The van der Waals surface area contributed by atoms with Gasteiger partial charge in [0, 0.05) is 18.2 Å². The number of benzene rings is 2. The summed E-state index contributed by atoms with van der Waals surface area (Å²) in [6, 6.07) is 13.1. The van der Waals surface area contributed by atoms with Crippen LogP contribution < -0.4 is 5.73 Å². The molecule has 0 radical (unpaired) electrons. The zero-order valence-corrected chi connectivity index (χ0v) is 13.7. The summed E-state index contributed by atoms with van der Waals surface area (Å²) in [4.78, 5) is 4.89. The minimum absolute atomic E-state index is 0.211. The summed E-state index contributed by atoms with van der Waals surface area (Å²) in [5, 5.41) is 0. The van der Waals surface area contributed by atoms with Crippen LogP contribution in [-0.4, -0.2) is 16.1 Å². The number of fused-ring (bicyclic) bond motifs is 1. The summed E-state index contributed by atoms with van der Waals surface area (Å²) >= 11 is 0. The molecule has 1 heterocycles. The summed E-state index contributed by atoms with van der Waals surface area (Å²) in [7, 11) is 0. The third-order valence-corrected chi connectivity index (χ3v) is 4.40. The molecule has 22 heavy (non-hydrogen) atoms. The van der Waals surface area contributed by atoms with E-state index >= 15 is 0 Å². The molecule has 0 saturated carbocycles. The highest BCUT2D eigenvalue weighted by Crippen LogP contribution is 2.30. The van der Waals surface area contributed by atoms with Crippen molar-refractivity contribution in [1.29, 1.82) is 0 Å². The molecule has 2 N–H and O–H groups in total. The van der Waals surface area contributed by atoms with Crippen LogP contribution in [0.4, 0.5) is 0 Å². The van der Waals surface area contributed by atoms with Gasteiger partial charge in [0.05, 0.1) is 11.0 Å². The van der Waals surface area contributed by atoms with Crippen molar-refractivity contribution < 1.29 is 0 Å². The molecule has 0 aliphatic carbocycles. The van der Waals surface area contributed by atoms with Crippen LogP contribution in [0.5, 0.6) is 0 Å². The van der Waals surface area contributed by atoms with E-state index in [2.05, 4.69) is 68.7 Å². The van der Waals surface area contributed by atoms with Crippen LogP contribution in [0.1, 0.15) is 29.7 Å². The molecule has 3 rings (SSSR count). The molecule has 1 unspecified atom stereocenters. The number of aryl methyl sites for hydroxylation is 3. The highest BCUT2D eigenvalue weighted by molar-refractivity contribution is 5.82. The van der Waals surface area contributed by atoms with Crippen molar-refractivity contribution in [2.24, 2.45) is 5.73 Å². The van der Waals surface area contributed by atoms with E-state index < -0.39 is 0 Å². The SMILES string of the molecule is Cc1ccc(-c2nc3cc(C)c(C)cc3n2C(C)CN)cc1. The Morgan fingerprint density at radius 3 is 2.32 bits per heavy atom. The quantitative estimate of drug-likeness (QED) is 0.788. The number of aromatic nitrogens is 2. The molecule has 3 aromatic rings. The van der Waals surface area contributed by atoms with Crippen LogP contribution >= 0.6 is 0 Å². The summed E-state index contributed by atoms with van der Waals surface area (Å²) < 4.78 is 2.27. The predicted octanol–water partition coefficient (Wildman–Crippen LogP) is 4.15. The van der Waals surface area contributed by atoms with Crippen LogP contribution in [0.25, 0.3) is 22.4 Å². The van der Waals surface area contributed by atoms with Gasteiger partial charge in [-0.3, -0.25) is 0 Å². The third kappa shape index (κ3) is 2.42. The molecule has 3 heteroatoms. The molecule has 0 spiro atoms. The molecule has 0 fully saturated rings. The van der Waals surface area contributed by atoms with Crippen molar-refractivity contribution in [3.8, 4) is 11.4 Å². The van der Waals surface area contributed by atoms with Crippen LogP contribution in [-0.2, 0) is 0 Å². The highest BCUT2D eigenvalue weighted by Gasteiger charge is 2.17. The Morgan fingerprint density at radius 1 is 1.05 bits per heavy atom. The third-order valence-electron chi connectivity index (χ3n) is 4.40. The molecule has 0 amide bonds. The lowest BCUT2D eigenvalue weighted by Gasteiger charge is -2.16. The largest absolute Gasteiger partial charge is 0.328 e. The minimum atomic E-state index is 0.211. The van der Waals surface area contributed by atoms with E-state index in [0.717, 1.165) is 22.4 Å². The van der Waals surface area contributed by atoms with Crippen molar-refractivity contribution in [3.05, 3.63) is 53.1 Å². The van der Waals surface area contributed by atoms with Crippen molar-refractivity contribution in [2.75, 3.05) is 6.54 Å². The summed E-state index contributed by atoms with van der Waals surface area (Å²) in [6.45, 7) is 9.11. The van der Waals surface area contributed by atoms with Gasteiger partial charge in [0.15, 0.2) is 0 Å². The molecule has 0 aliphatic heterocycles. The van der Waals surface area contributed by atoms with Crippen LogP contribution in [0.2, 0.25) is 0 Å². The van der Waals surface area contributed by atoms with Gasteiger partial charge in [0.1, 0.15) is 5.82 Å². The molecule has 1 aromatic heterocycles. The lowest BCUT2D eigenvalue weighted by Crippen LogP contribution is -2.17. The van der Waals surface area contributed by atoms with Crippen molar-refractivity contribution in [1.82, 2.24) is 9.55 Å². The lowest BCUT2D eigenvalue weighted by atomic mass is 10.1. The second kappa shape index (κ2) is 5.58. The first-order chi connectivity index (χ1) is 10.5. The summed E-state index contributed by atoms with van der Waals surface area (Å²) in [5.41, 5.74) is 13.1. The van der Waals surface area contributed by atoms with Crippen LogP contribution in [0.3, 0.4) is 0 Å². The molecular weight excluding hydrogens is 270 g/mol. The average Bonchev–Trinajstić information content (AvgIpc) is 2.86. The molecule has 0 bridgehead atoms. The monoisotopic (exact) mass is 293 g/mol. The van der Waals surface area contributed by atoms with Gasteiger partial charge in [-0.25, -0.2) is 4.98 Å². The number of nitrogens with zero attached hydrogens (tertiary/aromatic N) is 2. The predicted molar refractivity (Wildman–Crippen MR) is 93.1 cm³/mol. The van der Waals surface area contributed by atoms with Gasteiger partial charge in [0.2, 0.25) is 0 Å². The van der Waals surface area contributed by atoms with E-state index in [-0.39, 0.29) is 6.04 Å². The minimum Gasteiger partial charge on any atom is -0.328 e. The molecule has 0 aliphatic rings. The van der Waals surface area contributed by atoms with Gasteiger partial charge < -0.3 is 10.3 Å². The molecule has 0 saturated heterocycles. The maximum absolute atomic E-state index is 5.94. The standard InChI is InChI=1S/C19H23N3/c1-12-5-7-16(8-6-12)19-21-17-9-13(2)14(3)10-18(17)22(19)15(4)11-20/h5-10,15H,11,20H2,1-4H3. The topological polar surface area (TPSA) is 43.8 Å². The molecular formula is C19H23N3. The first-order valence-electron chi connectivity index (χ1n) is 7.77. The second-order valence-corrected chi connectivity index (χ2v) is 6.18. The number of imidazole rings is 1. The molecule has 3 nitrogen and oxygen atoms in total. The van der Waals surface area contributed by atoms with Crippen LogP contribution in [0, 0.1) is 20.8 Å². The normalized spacial score (nSPS) is 12.8. The number of nitrogens with two attached hydrogens (primary N) is 1. The molecule has 114 valence electrons. The van der Waals surface area contributed by atoms with E-state index in [1.54, 1.807) is 0 Å². The molecule has 2 aromatic carbocycles. The van der Waals surface area contributed by atoms with Gasteiger partial charge in [-0.05, 0) is 51.0 Å². The fourth-order valence-corrected chi connectivity index (χ4v) is 2.81. The van der Waals surface area contributed by atoms with E-state index in [0.29, 0.717) is 6.54 Å². The Bertz CT molecular complexity index is 813. The zero-order chi connectivity index (χ0) is 15.9. The smallest absolute Gasteiger partial charge is 0.141 e. The summed E-state index contributed by atoms with van der Waals surface area (Å²) in [6.07, 6.45) is 0. The Labute approximate surface area is 131 Å². The van der Waals surface area contributed by atoms with E-state index in [9.17, 15) is 0 Å². The van der Waals surface area contributed by atoms with Gasteiger partial charge in [-0.2, -0.15) is 0 Å². The fourth-order valence-electron chi connectivity index (χ4n) is 2.81. The average molecular weight is 293 g/mol. The first kappa shape index (κ1) is 14.8. The lowest BCUT2D eigenvalue weighted by molar-refractivity contribution is 0.578. The van der Waals surface area contributed by atoms with Gasteiger partial charge in [-0.1, -0.05) is 29.8 Å². The van der Waals surface area contributed by atoms with Gasteiger partial charge in [-0.15, -0.1) is 0 Å². The van der Waals surface area contributed by atoms with E-state index in [1.807, 2.05) is 0 Å². The Kier molecular flexibility index (Phi) is 3.75. The summed E-state index contributed by atoms with van der Waals surface area (Å²) in [5.74, 6) is 0.998. The van der Waals surface area contributed by atoms with Crippen molar-refractivity contribution in [3.63, 3.8) is 0 Å². The number of hydrogen-bond acceptors (Lipinski definition) is 2. The van der Waals surface area contributed by atoms with Crippen molar-refractivity contribution in [2.45, 2.75) is 33.7 Å². The molecule has 1 atom stereocenters. The van der Waals surface area contributed by atoms with E-state index in [1.165, 1.54) is 16.7 Å².